The number of hydrogen-bond donors (Lipinski definition) is 3. The van der Waals surface area contributed by atoms with Crippen LogP contribution in [0.25, 0.3) is 0 Å². The lowest BCUT2D eigenvalue weighted by Gasteiger charge is -2.07. The van der Waals surface area contributed by atoms with E-state index in [1.807, 2.05) is 0 Å². The molecule has 0 radical (unpaired) electrons. The molecule has 0 aromatic carbocycles. The molecule has 2 rings (SSSR count). The van der Waals surface area contributed by atoms with E-state index in [4.69, 9.17) is 16.2 Å². The van der Waals surface area contributed by atoms with Crippen LogP contribution in [-0.2, 0) is 14.6 Å². The van der Waals surface area contributed by atoms with E-state index in [1.165, 1.54) is 12.8 Å². The fourth-order valence-electron chi connectivity index (χ4n) is 1.87. The second-order valence-electron chi connectivity index (χ2n) is 5.08. The van der Waals surface area contributed by atoms with E-state index in [2.05, 4.69) is 5.32 Å². The van der Waals surface area contributed by atoms with E-state index in [-0.39, 0.29) is 15.5 Å². The first kappa shape index (κ1) is 16.1. The van der Waals surface area contributed by atoms with Crippen molar-refractivity contribution in [2.75, 3.05) is 37.1 Å². The van der Waals surface area contributed by atoms with Gasteiger partial charge >= 0.3 is 0 Å². The molecular formula is C12H19N3O4S2. The van der Waals surface area contributed by atoms with E-state index >= 15 is 0 Å². The predicted octanol–water partition coefficient (Wildman–Crippen LogP) is 0.671. The van der Waals surface area contributed by atoms with Gasteiger partial charge in [-0.05, 0) is 18.8 Å². The Morgan fingerprint density at radius 2 is 2.14 bits per heavy atom. The van der Waals surface area contributed by atoms with Crippen molar-refractivity contribution >= 4 is 37.8 Å². The highest BCUT2D eigenvalue weighted by Gasteiger charge is 2.26. The Hall–Kier alpha value is -1.32. The van der Waals surface area contributed by atoms with Gasteiger partial charge in [-0.2, -0.15) is 0 Å². The molecule has 21 heavy (non-hydrogen) atoms. The second-order valence-corrected chi connectivity index (χ2v) is 8.06. The highest BCUT2D eigenvalue weighted by atomic mass is 32.2. The average Bonchev–Trinajstić information content (AvgIpc) is 3.10. The monoisotopic (exact) mass is 333 g/mol. The number of ether oxygens (including phenoxy) is 1. The number of anilines is 2. The second kappa shape index (κ2) is 6.20. The fourth-order valence-corrected chi connectivity index (χ4v) is 4.32. The predicted molar refractivity (Wildman–Crippen MR) is 82.4 cm³/mol. The lowest BCUT2D eigenvalue weighted by atomic mass is 10.4. The molecule has 9 heteroatoms. The number of nitrogen functional groups attached to an aromatic ring is 1. The topological polar surface area (TPSA) is 125 Å². The summed E-state index contributed by atoms with van der Waals surface area (Å²) in [5.41, 5.74) is 10.8. The van der Waals surface area contributed by atoms with E-state index in [0.717, 1.165) is 24.2 Å². The normalized spacial score (nSPS) is 15.1. The van der Waals surface area contributed by atoms with Crippen LogP contribution < -0.4 is 16.8 Å². The summed E-state index contributed by atoms with van der Waals surface area (Å²) in [5, 5.41) is 3.29. The summed E-state index contributed by atoms with van der Waals surface area (Å²) in [6.07, 6.45) is 3.48. The van der Waals surface area contributed by atoms with Crippen molar-refractivity contribution in [1.82, 2.24) is 0 Å². The van der Waals surface area contributed by atoms with E-state index in [9.17, 15) is 13.2 Å². The molecular weight excluding hydrogens is 314 g/mol. The number of hydrogen-bond acceptors (Lipinski definition) is 7. The summed E-state index contributed by atoms with van der Waals surface area (Å²) >= 11 is 0.952. The standard InChI is InChI=1S/C12H19N3O4S2/c1-21(17,18)10-8(13)9(11(14)16)20-12(10)15-4-5-19-6-7-2-3-7/h7,15H,2-6,13H2,1H3,(H2,14,16). The molecule has 0 aliphatic heterocycles. The van der Waals surface area contributed by atoms with Gasteiger partial charge in [0.1, 0.15) is 14.8 Å². The van der Waals surface area contributed by atoms with E-state index < -0.39 is 15.7 Å². The third-order valence-electron chi connectivity index (χ3n) is 3.08. The molecule has 1 heterocycles. The van der Waals surface area contributed by atoms with Gasteiger partial charge in [0.15, 0.2) is 9.84 Å². The fraction of sp³-hybridized carbons (Fsp3) is 0.583. The highest BCUT2D eigenvalue weighted by molar-refractivity contribution is 7.91. The molecule has 0 bridgehead atoms. The lowest BCUT2D eigenvalue weighted by molar-refractivity contribution is 0.100. The third-order valence-corrected chi connectivity index (χ3v) is 5.55. The molecule has 1 saturated carbocycles. The summed E-state index contributed by atoms with van der Waals surface area (Å²) < 4.78 is 29.1. The van der Waals surface area contributed by atoms with Crippen molar-refractivity contribution in [2.24, 2.45) is 11.7 Å². The van der Waals surface area contributed by atoms with Gasteiger partial charge in [0.25, 0.3) is 5.91 Å². The molecule has 0 atom stereocenters. The van der Waals surface area contributed by atoms with Crippen LogP contribution in [0.1, 0.15) is 22.5 Å². The number of thiophene rings is 1. The minimum absolute atomic E-state index is 0.0526. The van der Waals surface area contributed by atoms with Crippen LogP contribution in [0.2, 0.25) is 0 Å². The van der Waals surface area contributed by atoms with Gasteiger partial charge in [-0.3, -0.25) is 4.79 Å². The van der Waals surface area contributed by atoms with Crippen LogP contribution in [0.3, 0.4) is 0 Å². The van der Waals surface area contributed by atoms with Crippen LogP contribution in [0, 0.1) is 5.92 Å². The number of nitrogens with one attached hydrogen (secondary N) is 1. The van der Waals surface area contributed by atoms with Crippen LogP contribution in [-0.4, -0.2) is 40.3 Å². The quantitative estimate of drug-likeness (QED) is 0.601. The lowest BCUT2D eigenvalue weighted by Crippen LogP contribution is -2.13. The number of carbonyl (C=O) groups is 1. The number of sulfone groups is 1. The molecule has 0 saturated heterocycles. The maximum absolute atomic E-state index is 11.8. The van der Waals surface area contributed by atoms with Gasteiger partial charge < -0.3 is 21.5 Å². The molecule has 1 fully saturated rings. The van der Waals surface area contributed by atoms with Crippen LogP contribution in [0.4, 0.5) is 10.7 Å². The zero-order valence-electron chi connectivity index (χ0n) is 11.7. The Balaban J connectivity index is 2.05. The first-order valence-electron chi connectivity index (χ1n) is 6.54. The maximum atomic E-state index is 11.8. The first-order valence-corrected chi connectivity index (χ1v) is 9.25. The summed E-state index contributed by atoms with van der Waals surface area (Å²) in [6, 6.07) is 0. The molecule has 1 amide bonds. The van der Waals surface area contributed by atoms with Gasteiger partial charge in [-0.15, -0.1) is 11.3 Å². The zero-order valence-corrected chi connectivity index (χ0v) is 13.4. The summed E-state index contributed by atoms with van der Waals surface area (Å²) in [6.45, 7) is 1.64. The number of amides is 1. The van der Waals surface area contributed by atoms with Gasteiger partial charge in [0.05, 0.1) is 12.3 Å². The summed E-state index contributed by atoms with van der Waals surface area (Å²) in [7, 11) is -3.55. The van der Waals surface area contributed by atoms with E-state index in [1.54, 1.807) is 0 Å². The van der Waals surface area contributed by atoms with Crippen LogP contribution in [0.5, 0.6) is 0 Å². The zero-order chi connectivity index (χ0) is 15.6. The van der Waals surface area contributed by atoms with Gasteiger partial charge in [0.2, 0.25) is 0 Å². The smallest absolute Gasteiger partial charge is 0.261 e. The Morgan fingerprint density at radius 3 is 2.67 bits per heavy atom. The maximum Gasteiger partial charge on any atom is 0.261 e. The molecule has 5 N–H and O–H groups in total. The van der Waals surface area contributed by atoms with Crippen molar-refractivity contribution in [2.45, 2.75) is 17.7 Å². The average molecular weight is 333 g/mol. The van der Waals surface area contributed by atoms with Gasteiger partial charge in [0, 0.05) is 19.4 Å². The summed E-state index contributed by atoms with van der Waals surface area (Å²) in [4.78, 5) is 11.3. The largest absolute Gasteiger partial charge is 0.396 e. The van der Waals surface area contributed by atoms with Gasteiger partial charge in [-0.25, -0.2) is 8.42 Å². The minimum atomic E-state index is -3.55. The van der Waals surface area contributed by atoms with Crippen LogP contribution >= 0.6 is 11.3 Å². The highest BCUT2D eigenvalue weighted by Crippen LogP contribution is 2.38. The van der Waals surface area contributed by atoms with Crippen molar-refractivity contribution in [3.8, 4) is 0 Å². The number of carbonyl (C=O) groups excluding carboxylic acids is 1. The Labute approximate surface area is 127 Å². The van der Waals surface area contributed by atoms with Crippen molar-refractivity contribution in [1.29, 1.82) is 0 Å². The number of primary amides is 1. The van der Waals surface area contributed by atoms with Crippen molar-refractivity contribution < 1.29 is 17.9 Å². The SMILES string of the molecule is CS(=O)(=O)c1c(NCCOCC2CC2)sc(C(N)=O)c1N. The molecule has 1 aromatic rings. The van der Waals surface area contributed by atoms with Crippen LogP contribution in [0.15, 0.2) is 4.90 Å². The Morgan fingerprint density at radius 1 is 1.48 bits per heavy atom. The molecule has 0 unspecified atom stereocenters. The summed E-state index contributed by atoms with van der Waals surface area (Å²) in [5.74, 6) is -0.0594. The Bertz CT molecular complexity index is 635. The van der Waals surface area contributed by atoms with Crippen molar-refractivity contribution in [3.63, 3.8) is 0 Å². The third kappa shape index (κ3) is 4.08. The van der Waals surface area contributed by atoms with Gasteiger partial charge in [-0.1, -0.05) is 0 Å². The molecule has 1 aliphatic carbocycles. The van der Waals surface area contributed by atoms with E-state index in [0.29, 0.717) is 24.1 Å². The molecule has 7 nitrogen and oxygen atoms in total. The minimum Gasteiger partial charge on any atom is -0.396 e. The number of rotatable bonds is 8. The molecule has 0 spiro atoms. The van der Waals surface area contributed by atoms with Crippen molar-refractivity contribution in [3.05, 3.63) is 4.88 Å². The Kier molecular flexibility index (Phi) is 4.74. The molecule has 1 aliphatic rings. The number of nitrogens with two attached hydrogens (primary N) is 2. The molecule has 1 aromatic heterocycles. The molecule has 118 valence electrons. The first-order chi connectivity index (χ1) is 9.80.